The molecule has 2 aromatic carbocycles. The van der Waals surface area contributed by atoms with E-state index in [-0.39, 0.29) is 5.97 Å². The van der Waals surface area contributed by atoms with Gasteiger partial charge in [0.1, 0.15) is 11.4 Å². The molecule has 4 heteroatoms. The van der Waals surface area contributed by atoms with Crippen LogP contribution in [-0.4, -0.2) is 31.8 Å². The summed E-state index contributed by atoms with van der Waals surface area (Å²) in [7, 11) is 1.64. The number of fused-ring (bicyclic) bond motifs is 1. The molecule has 0 aromatic heterocycles. The SMILES string of the molecule is COc1ccc(C(=O)OC(C)(C)C2CCNCC2)c2ccccc12. The predicted molar refractivity (Wildman–Crippen MR) is 95.6 cm³/mol. The Kier molecular flexibility index (Phi) is 4.76. The molecule has 1 heterocycles. The van der Waals surface area contributed by atoms with E-state index in [9.17, 15) is 4.79 Å². The van der Waals surface area contributed by atoms with E-state index < -0.39 is 5.60 Å². The maximum absolute atomic E-state index is 12.8. The number of carbonyl (C=O) groups excluding carboxylic acids is 1. The fourth-order valence-corrected chi connectivity index (χ4v) is 3.52. The van der Waals surface area contributed by atoms with Crippen LogP contribution in [0.25, 0.3) is 10.8 Å². The highest BCUT2D eigenvalue weighted by Gasteiger charge is 2.34. The lowest BCUT2D eigenvalue weighted by molar-refractivity contribution is -0.0366. The summed E-state index contributed by atoms with van der Waals surface area (Å²) in [6.07, 6.45) is 2.06. The van der Waals surface area contributed by atoms with Crippen LogP contribution in [0, 0.1) is 5.92 Å². The van der Waals surface area contributed by atoms with E-state index in [1.807, 2.05) is 44.2 Å². The molecule has 0 amide bonds. The average molecular weight is 327 g/mol. The normalized spacial score (nSPS) is 16.1. The molecule has 0 radical (unpaired) electrons. The first-order valence-electron chi connectivity index (χ1n) is 8.53. The number of piperidine rings is 1. The third kappa shape index (κ3) is 3.24. The van der Waals surface area contributed by atoms with Gasteiger partial charge in [0.25, 0.3) is 0 Å². The van der Waals surface area contributed by atoms with Crippen molar-refractivity contribution < 1.29 is 14.3 Å². The van der Waals surface area contributed by atoms with Gasteiger partial charge in [0, 0.05) is 11.3 Å². The number of benzene rings is 2. The van der Waals surface area contributed by atoms with Crippen LogP contribution in [0.3, 0.4) is 0 Å². The molecule has 128 valence electrons. The standard InChI is InChI=1S/C20H25NO3/c1-20(2,14-10-12-21-13-11-14)24-19(22)17-8-9-18(23-3)16-7-5-4-6-15(16)17/h4-9,14,21H,10-13H2,1-3H3. The lowest BCUT2D eigenvalue weighted by Gasteiger charge is -2.36. The number of hydrogen-bond donors (Lipinski definition) is 1. The van der Waals surface area contributed by atoms with Gasteiger partial charge in [-0.2, -0.15) is 0 Å². The largest absolute Gasteiger partial charge is 0.496 e. The molecule has 4 nitrogen and oxygen atoms in total. The Morgan fingerprint density at radius 3 is 2.42 bits per heavy atom. The van der Waals surface area contributed by atoms with Gasteiger partial charge in [-0.25, -0.2) is 4.79 Å². The molecule has 0 atom stereocenters. The van der Waals surface area contributed by atoms with Gasteiger partial charge >= 0.3 is 5.97 Å². The Hall–Kier alpha value is -2.07. The molecule has 3 rings (SSSR count). The fraction of sp³-hybridized carbons (Fsp3) is 0.450. The van der Waals surface area contributed by atoms with E-state index in [1.165, 1.54) is 0 Å². The molecular formula is C20H25NO3. The molecule has 0 unspecified atom stereocenters. The Balaban J connectivity index is 1.89. The van der Waals surface area contributed by atoms with E-state index in [2.05, 4.69) is 5.32 Å². The molecule has 0 saturated carbocycles. The number of rotatable bonds is 4. The maximum Gasteiger partial charge on any atom is 0.339 e. The van der Waals surface area contributed by atoms with Crippen molar-refractivity contribution >= 4 is 16.7 Å². The van der Waals surface area contributed by atoms with E-state index >= 15 is 0 Å². The second-order valence-electron chi connectivity index (χ2n) is 6.88. The molecule has 1 aliphatic heterocycles. The minimum Gasteiger partial charge on any atom is -0.496 e. The predicted octanol–water partition coefficient (Wildman–Crippen LogP) is 3.78. The number of carbonyl (C=O) groups is 1. The molecule has 1 saturated heterocycles. The molecule has 0 spiro atoms. The molecule has 1 fully saturated rings. The highest BCUT2D eigenvalue weighted by Crippen LogP contribution is 2.33. The van der Waals surface area contributed by atoms with Crippen molar-refractivity contribution in [1.29, 1.82) is 0 Å². The van der Waals surface area contributed by atoms with Gasteiger partial charge in [-0.1, -0.05) is 24.3 Å². The van der Waals surface area contributed by atoms with Crippen LogP contribution >= 0.6 is 0 Å². The quantitative estimate of drug-likeness (QED) is 0.868. The van der Waals surface area contributed by atoms with E-state index in [1.54, 1.807) is 13.2 Å². The van der Waals surface area contributed by atoms with Gasteiger partial charge in [-0.15, -0.1) is 0 Å². The molecular weight excluding hydrogens is 302 g/mol. The number of methoxy groups -OCH3 is 1. The third-order valence-corrected chi connectivity index (χ3v) is 5.00. The van der Waals surface area contributed by atoms with Crippen LogP contribution in [0.5, 0.6) is 5.75 Å². The summed E-state index contributed by atoms with van der Waals surface area (Å²) in [5, 5.41) is 5.14. The first kappa shape index (κ1) is 16.8. The lowest BCUT2D eigenvalue weighted by Crippen LogP contribution is -2.42. The van der Waals surface area contributed by atoms with Gasteiger partial charge in [0.2, 0.25) is 0 Å². The lowest BCUT2D eigenvalue weighted by atomic mass is 9.83. The van der Waals surface area contributed by atoms with E-state index in [4.69, 9.17) is 9.47 Å². The minimum atomic E-state index is -0.472. The Labute approximate surface area is 143 Å². The smallest absolute Gasteiger partial charge is 0.339 e. The Bertz CT molecular complexity index is 733. The number of esters is 1. The summed E-state index contributed by atoms with van der Waals surface area (Å²) in [5.41, 5.74) is 0.119. The van der Waals surface area contributed by atoms with Crippen LogP contribution in [-0.2, 0) is 4.74 Å². The van der Waals surface area contributed by atoms with Crippen molar-refractivity contribution in [3.63, 3.8) is 0 Å². The zero-order valence-corrected chi connectivity index (χ0v) is 14.6. The van der Waals surface area contributed by atoms with Crippen molar-refractivity contribution in [2.75, 3.05) is 20.2 Å². The minimum absolute atomic E-state index is 0.266. The van der Waals surface area contributed by atoms with Crippen molar-refractivity contribution in [3.8, 4) is 5.75 Å². The average Bonchev–Trinajstić information content (AvgIpc) is 2.61. The fourth-order valence-electron chi connectivity index (χ4n) is 3.52. The van der Waals surface area contributed by atoms with Crippen LogP contribution < -0.4 is 10.1 Å². The highest BCUT2D eigenvalue weighted by molar-refractivity contribution is 6.06. The molecule has 0 bridgehead atoms. The van der Waals surface area contributed by atoms with Crippen LogP contribution in [0.4, 0.5) is 0 Å². The second-order valence-corrected chi connectivity index (χ2v) is 6.88. The van der Waals surface area contributed by atoms with Crippen LogP contribution in [0.2, 0.25) is 0 Å². The zero-order valence-electron chi connectivity index (χ0n) is 14.6. The van der Waals surface area contributed by atoms with Crippen molar-refractivity contribution in [3.05, 3.63) is 42.0 Å². The molecule has 0 aliphatic carbocycles. The number of nitrogens with one attached hydrogen (secondary N) is 1. The molecule has 1 aliphatic rings. The van der Waals surface area contributed by atoms with Crippen molar-refractivity contribution in [1.82, 2.24) is 5.32 Å². The monoisotopic (exact) mass is 327 g/mol. The van der Waals surface area contributed by atoms with Gasteiger partial charge < -0.3 is 14.8 Å². The van der Waals surface area contributed by atoms with Gasteiger partial charge in [-0.3, -0.25) is 0 Å². The summed E-state index contributed by atoms with van der Waals surface area (Å²) in [5.74, 6) is 0.879. The summed E-state index contributed by atoms with van der Waals surface area (Å²) >= 11 is 0. The van der Waals surface area contributed by atoms with Crippen LogP contribution in [0.1, 0.15) is 37.0 Å². The van der Waals surface area contributed by atoms with Gasteiger partial charge in [0.05, 0.1) is 12.7 Å². The topological polar surface area (TPSA) is 47.6 Å². The summed E-state index contributed by atoms with van der Waals surface area (Å²) < 4.78 is 11.3. The second kappa shape index (κ2) is 6.81. The summed E-state index contributed by atoms with van der Waals surface area (Å²) in [6, 6.07) is 11.4. The molecule has 24 heavy (non-hydrogen) atoms. The van der Waals surface area contributed by atoms with E-state index in [0.29, 0.717) is 11.5 Å². The summed E-state index contributed by atoms with van der Waals surface area (Å²) in [6.45, 7) is 6.01. The van der Waals surface area contributed by atoms with Crippen molar-refractivity contribution in [2.24, 2.45) is 5.92 Å². The maximum atomic E-state index is 12.8. The first-order chi connectivity index (χ1) is 11.5. The summed E-state index contributed by atoms with van der Waals surface area (Å²) in [4.78, 5) is 12.8. The molecule has 2 aromatic rings. The Morgan fingerprint density at radius 1 is 1.08 bits per heavy atom. The third-order valence-electron chi connectivity index (χ3n) is 5.00. The van der Waals surface area contributed by atoms with E-state index in [0.717, 1.165) is 42.5 Å². The van der Waals surface area contributed by atoms with Crippen molar-refractivity contribution in [2.45, 2.75) is 32.3 Å². The number of ether oxygens (including phenoxy) is 2. The Morgan fingerprint density at radius 2 is 1.75 bits per heavy atom. The molecule has 1 N–H and O–H groups in total. The van der Waals surface area contributed by atoms with Gasteiger partial charge in [0.15, 0.2) is 0 Å². The first-order valence-corrected chi connectivity index (χ1v) is 8.53. The number of hydrogen-bond acceptors (Lipinski definition) is 4. The zero-order chi connectivity index (χ0) is 17.2. The highest BCUT2D eigenvalue weighted by atomic mass is 16.6. The van der Waals surface area contributed by atoms with Crippen LogP contribution in [0.15, 0.2) is 36.4 Å². The van der Waals surface area contributed by atoms with Gasteiger partial charge in [-0.05, 0) is 57.3 Å².